The van der Waals surface area contributed by atoms with Crippen molar-refractivity contribution in [2.75, 3.05) is 19.6 Å². The van der Waals surface area contributed by atoms with Crippen molar-refractivity contribution in [3.63, 3.8) is 0 Å². The number of nitrogens with one attached hydrogen (secondary N) is 1. The van der Waals surface area contributed by atoms with Crippen LogP contribution in [0.1, 0.15) is 56.0 Å². The van der Waals surface area contributed by atoms with Crippen molar-refractivity contribution in [3.8, 4) is 0 Å². The third-order valence-corrected chi connectivity index (χ3v) is 6.74. The largest absolute Gasteiger partial charge is 0.352 e. The Bertz CT molecular complexity index is 705. The van der Waals surface area contributed by atoms with E-state index < -0.39 is 10.0 Å². The number of rotatable bonds is 6. The predicted octanol–water partition coefficient (Wildman–Crippen LogP) is 3.19. The van der Waals surface area contributed by atoms with Gasteiger partial charge in [-0.15, -0.1) is 0 Å². The summed E-state index contributed by atoms with van der Waals surface area (Å²) in [6, 6.07) is 4.85. The highest BCUT2D eigenvalue weighted by Crippen LogP contribution is 2.25. The lowest BCUT2D eigenvalue weighted by Gasteiger charge is -2.29. The molecule has 0 unspecified atom stereocenters. The quantitative estimate of drug-likeness (QED) is 0.841. The molecule has 1 aromatic carbocycles. The maximum absolute atomic E-state index is 12.9. The molecule has 5 nitrogen and oxygen atoms in total. The maximum Gasteiger partial charge on any atom is 0.251 e. The van der Waals surface area contributed by atoms with Crippen LogP contribution in [0.25, 0.3) is 0 Å². The summed E-state index contributed by atoms with van der Waals surface area (Å²) in [6.45, 7) is 9.87. The van der Waals surface area contributed by atoms with E-state index in [1.807, 2.05) is 6.92 Å². The number of piperidine rings is 1. The van der Waals surface area contributed by atoms with Gasteiger partial charge in [0.1, 0.15) is 0 Å². The first-order valence-corrected chi connectivity index (χ1v) is 10.5. The molecule has 1 aliphatic heterocycles. The molecule has 6 heteroatoms. The Morgan fingerprint density at radius 2 is 1.92 bits per heavy atom. The summed E-state index contributed by atoms with van der Waals surface area (Å²) in [6.07, 6.45) is 2.66. The van der Waals surface area contributed by atoms with Crippen molar-refractivity contribution >= 4 is 15.9 Å². The number of benzene rings is 1. The van der Waals surface area contributed by atoms with E-state index in [0.29, 0.717) is 37.0 Å². The van der Waals surface area contributed by atoms with E-state index in [4.69, 9.17) is 0 Å². The van der Waals surface area contributed by atoms with Crippen LogP contribution in [-0.4, -0.2) is 38.3 Å². The standard InChI is InChI=1S/C19H30N2O3S/c1-14(2)7-10-20-19(22)18-13-17(6-5-16(18)4)25(23,24)21-11-8-15(3)9-12-21/h5-6,13-15H,7-12H2,1-4H3,(H,20,22). The third kappa shape index (κ3) is 5.05. The summed E-state index contributed by atoms with van der Waals surface area (Å²) in [5, 5.41) is 2.89. The second-order valence-electron chi connectivity index (χ2n) is 7.50. The molecule has 1 heterocycles. The highest BCUT2D eigenvalue weighted by molar-refractivity contribution is 7.89. The molecule has 1 saturated heterocycles. The molecule has 1 N–H and O–H groups in total. The first-order valence-electron chi connectivity index (χ1n) is 9.10. The molecular weight excluding hydrogens is 336 g/mol. The fourth-order valence-corrected chi connectivity index (χ4v) is 4.45. The molecule has 0 bridgehead atoms. The SMILES string of the molecule is Cc1ccc(S(=O)(=O)N2CCC(C)CC2)cc1C(=O)NCCC(C)C. The Hall–Kier alpha value is -1.40. The minimum absolute atomic E-state index is 0.206. The summed E-state index contributed by atoms with van der Waals surface area (Å²) >= 11 is 0. The van der Waals surface area contributed by atoms with Crippen LogP contribution in [0.2, 0.25) is 0 Å². The average molecular weight is 367 g/mol. The van der Waals surface area contributed by atoms with Gasteiger partial charge in [0.25, 0.3) is 5.91 Å². The summed E-state index contributed by atoms with van der Waals surface area (Å²) < 4.78 is 27.3. The predicted molar refractivity (Wildman–Crippen MR) is 100 cm³/mol. The van der Waals surface area contributed by atoms with Gasteiger partial charge >= 0.3 is 0 Å². The van der Waals surface area contributed by atoms with Gasteiger partial charge in [0, 0.05) is 25.2 Å². The van der Waals surface area contributed by atoms with Crippen molar-refractivity contribution in [1.29, 1.82) is 0 Å². The number of amides is 1. The minimum Gasteiger partial charge on any atom is -0.352 e. The van der Waals surface area contributed by atoms with Gasteiger partial charge in [-0.2, -0.15) is 4.31 Å². The molecular formula is C19H30N2O3S. The fourth-order valence-electron chi connectivity index (χ4n) is 2.95. The molecule has 0 radical (unpaired) electrons. The van der Waals surface area contributed by atoms with Gasteiger partial charge in [-0.05, 0) is 55.7 Å². The molecule has 1 aliphatic rings. The van der Waals surface area contributed by atoms with E-state index >= 15 is 0 Å². The lowest BCUT2D eigenvalue weighted by molar-refractivity contribution is 0.0951. The van der Waals surface area contributed by atoms with Crippen LogP contribution in [0.15, 0.2) is 23.1 Å². The molecule has 0 spiro atoms. The van der Waals surface area contributed by atoms with E-state index in [2.05, 4.69) is 26.1 Å². The zero-order valence-corrected chi connectivity index (χ0v) is 16.5. The van der Waals surface area contributed by atoms with Gasteiger partial charge < -0.3 is 5.32 Å². The molecule has 0 aromatic heterocycles. The van der Waals surface area contributed by atoms with E-state index in [0.717, 1.165) is 24.8 Å². The number of nitrogens with zero attached hydrogens (tertiary/aromatic N) is 1. The molecule has 1 aromatic rings. The number of hydrogen-bond donors (Lipinski definition) is 1. The zero-order valence-electron chi connectivity index (χ0n) is 15.7. The van der Waals surface area contributed by atoms with E-state index in [1.54, 1.807) is 12.1 Å². The smallest absolute Gasteiger partial charge is 0.251 e. The summed E-state index contributed by atoms with van der Waals surface area (Å²) in [5.41, 5.74) is 1.23. The molecule has 0 aliphatic carbocycles. The van der Waals surface area contributed by atoms with Crippen molar-refractivity contribution < 1.29 is 13.2 Å². The van der Waals surface area contributed by atoms with Gasteiger partial charge in [0.15, 0.2) is 0 Å². The van der Waals surface area contributed by atoms with Crippen LogP contribution >= 0.6 is 0 Å². The van der Waals surface area contributed by atoms with Crippen LogP contribution in [0.4, 0.5) is 0 Å². The molecule has 25 heavy (non-hydrogen) atoms. The molecule has 1 amide bonds. The second kappa shape index (κ2) is 8.32. The lowest BCUT2D eigenvalue weighted by atomic mass is 10.0. The molecule has 2 rings (SSSR count). The molecule has 0 saturated carbocycles. The number of aryl methyl sites for hydroxylation is 1. The Labute approximate surface area is 151 Å². The Morgan fingerprint density at radius 1 is 1.28 bits per heavy atom. The summed E-state index contributed by atoms with van der Waals surface area (Å²) in [5.74, 6) is 0.865. The summed E-state index contributed by atoms with van der Waals surface area (Å²) in [4.78, 5) is 12.6. The first kappa shape index (κ1) is 19.9. The van der Waals surface area contributed by atoms with Crippen molar-refractivity contribution in [2.24, 2.45) is 11.8 Å². The topological polar surface area (TPSA) is 66.5 Å². The van der Waals surface area contributed by atoms with E-state index in [-0.39, 0.29) is 10.8 Å². The molecule has 1 fully saturated rings. The van der Waals surface area contributed by atoms with E-state index in [1.165, 1.54) is 10.4 Å². The maximum atomic E-state index is 12.9. The summed E-state index contributed by atoms with van der Waals surface area (Å²) in [7, 11) is -3.54. The van der Waals surface area contributed by atoms with Crippen molar-refractivity contribution in [3.05, 3.63) is 29.3 Å². The van der Waals surface area contributed by atoms with Gasteiger partial charge in [-0.1, -0.05) is 26.8 Å². The zero-order chi connectivity index (χ0) is 18.6. The number of carbonyl (C=O) groups is 1. The highest BCUT2D eigenvalue weighted by atomic mass is 32.2. The van der Waals surface area contributed by atoms with Crippen LogP contribution in [0.5, 0.6) is 0 Å². The van der Waals surface area contributed by atoms with Crippen LogP contribution in [0, 0.1) is 18.8 Å². The van der Waals surface area contributed by atoms with Crippen molar-refractivity contribution in [2.45, 2.75) is 51.9 Å². The monoisotopic (exact) mass is 366 g/mol. The third-order valence-electron chi connectivity index (χ3n) is 4.84. The van der Waals surface area contributed by atoms with Gasteiger partial charge in [-0.25, -0.2) is 8.42 Å². The average Bonchev–Trinajstić information content (AvgIpc) is 2.55. The second-order valence-corrected chi connectivity index (χ2v) is 9.44. The van der Waals surface area contributed by atoms with E-state index in [9.17, 15) is 13.2 Å². The van der Waals surface area contributed by atoms with Gasteiger partial charge in [-0.3, -0.25) is 4.79 Å². The Kier molecular flexibility index (Phi) is 6.63. The van der Waals surface area contributed by atoms with Crippen LogP contribution in [0.3, 0.4) is 0 Å². The van der Waals surface area contributed by atoms with Crippen LogP contribution in [-0.2, 0) is 10.0 Å². The molecule has 140 valence electrons. The van der Waals surface area contributed by atoms with Crippen LogP contribution < -0.4 is 5.32 Å². The lowest BCUT2D eigenvalue weighted by Crippen LogP contribution is -2.38. The Morgan fingerprint density at radius 3 is 2.52 bits per heavy atom. The number of sulfonamides is 1. The Balaban J connectivity index is 2.18. The van der Waals surface area contributed by atoms with Crippen molar-refractivity contribution in [1.82, 2.24) is 9.62 Å². The number of carbonyl (C=O) groups excluding carboxylic acids is 1. The normalized spacial score (nSPS) is 17.0. The first-order chi connectivity index (χ1) is 11.7. The number of hydrogen-bond acceptors (Lipinski definition) is 3. The van der Waals surface area contributed by atoms with Gasteiger partial charge in [0.05, 0.1) is 4.90 Å². The van der Waals surface area contributed by atoms with Gasteiger partial charge in [0.2, 0.25) is 10.0 Å². The fraction of sp³-hybridized carbons (Fsp3) is 0.632. The molecule has 0 atom stereocenters. The highest BCUT2D eigenvalue weighted by Gasteiger charge is 2.28. The minimum atomic E-state index is -3.54.